The number of ether oxygens (including phenoxy) is 1. The van der Waals surface area contributed by atoms with Crippen molar-refractivity contribution in [3.63, 3.8) is 0 Å². The molecule has 0 spiro atoms. The van der Waals surface area contributed by atoms with Crippen LogP contribution in [0, 0.1) is 0 Å². The van der Waals surface area contributed by atoms with Gasteiger partial charge < -0.3 is 10.1 Å². The fourth-order valence-electron chi connectivity index (χ4n) is 2.68. The monoisotopic (exact) mass is 273 g/mol. The SMILES string of the molecule is COc1ccc(C2(NCc3cccs3)CCC2)cc1. The van der Waals surface area contributed by atoms with E-state index in [2.05, 4.69) is 47.1 Å². The van der Waals surface area contributed by atoms with E-state index in [0.29, 0.717) is 0 Å². The maximum absolute atomic E-state index is 5.23. The van der Waals surface area contributed by atoms with E-state index >= 15 is 0 Å². The number of hydrogen-bond donors (Lipinski definition) is 1. The van der Waals surface area contributed by atoms with E-state index in [1.807, 2.05) is 11.3 Å². The third-order valence-electron chi connectivity index (χ3n) is 4.03. The van der Waals surface area contributed by atoms with E-state index in [1.54, 1.807) is 7.11 Å². The van der Waals surface area contributed by atoms with Gasteiger partial charge in [0.1, 0.15) is 5.75 Å². The Bertz CT molecular complexity index is 514. The minimum absolute atomic E-state index is 0.177. The molecule has 2 nitrogen and oxygen atoms in total. The Balaban J connectivity index is 1.74. The van der Waals surface area contributed by atoms with Crippen molar-refractivity contribution in [2.45, 2.75) is 31.3 Å². The lowest BCUT2D eigenvalue weighted by atomic mass is 9.72. The molecule has 0 amide bonds. The van der Waals surface area contributed by atoms with Gasteiger partial charge in [0, 0.05) is 17.0 Å². The van der Waals surface area contributed by atoms with Crippen LogP contribution in [0.3, 0.4) is 0 Å². The van der Waals surface area contributed by atoms with Gasteiger partial charge in [-0.05, 0) is 48.4 Å². The second-order valence-electron chi connectivity index (χ2n) is 5.10. The first-order valence-corrected chi connectivity index (χ1v) is 7.62. The average Bonchev–Trinajstić information content (AvgIpc) is 2.91. The maximum atomic E-state index is 5.23. The first-order chi connectivity index (χ1) is 9.32. The van der Waals surface area contributed by atoms with Crippen LogP contribution in [0.2, 0.25) is 0 Å². The zero-order valence-corrected chi connectivity index (χ0v) is 12.0. The van der Waals surface area contributed by atoms with E-state index in [9.17, 15) is 0 Å². The molecule has 0 saturated heterocycles. The Kier molecular flexibility index (Phi) is 3.58. The van der Waals surface area contributed by atoms with Crippen LogP contribution in [0.1, 0.15) is 29.7 Å². The van der Waals surface area contributed by atoms with Crippen LogP contribution in [-0.4, -0.2) is 7.11 Å². The molecule has 3 heteroatoms. The Morgan fingerprint density at radius 3 is 2.53 bits per heavy atom. The quantitative estimate of drug-likeness (QED) is 0.891. The van der Waals surface area contributed by atoms with Gasteiger partial charge in [0.05, 0.1) is 7.11 Å². The minimum Gasteiger partial charge on any atom is -0.497 e. The van der Waals surface area contributed by atoms with Crippen molar-refractivity contribution in [2.24, 2.45) is 0 Å². The molecule has 1 aliphatic carbocycles. The van der Waals surface area contributed by atoms with Gasteiger partial charge in [0.2, 0.25) is 0 Å². The van der Waals surface area contributed by atoms with Gasteiger partial charge in [0.25, 0.3) is 0 Å². The molecule has 0 unspecified atom stereocenters. The van der Waals surface area contributed by atoms with Crippen molar-refractivity contribution in [3.8, 4) is 5.75 Å². The number of benzene rings is 1. The standard InChI is InChI=1S/C16H19NOS/c1-18-14-7-5-13(6-8-14)16(9-3-10-16)17-12-15-4-2-11-19-15/h2,4-8,11,17H,3,9-10,12H2,1H3. The van der Waals surface area contributed by atoms with Crippen molar-refractivity contribution in [1.29, 1.82) is 0 Å². The molecule has 1 fully saturated rings. The Morgan fingerprint density at radius 1 is 1.21 bits per heavy atom. The molecule has 100 valence electrons. The van der Waals surface area contributed by atoms with Crippen LogP contribution in [0.5, 0.6) is 5.75 Å². The highest BCUT2D eigenvalue weighted by Crippen LogP contribution is 2.42. The summed E-state index contributed by atoms with van der Waals surface area (Å²) in [7, 11) is 1.71. The molecule has 1 aromatic heterocycles. The average molecular weight is 273 g/mol. The molecule has 1 N–H and O–H groups in total. The first-order valence-electron chi connectivity index (χ1n) is 6.74. The molecule has 1 aliphatic rings. The molecule has 2 aromatic rings. The van der Waals surface area contributed by atoms with Crippen LogP contribution in [-0.2, 0) is 12.1 Å². The van der Waals surface area contributed by atoms with Crippen LogP contribution in [0.15, 0.2) is 41.8 Å². The van der Waals surface area contributed by atoms with Crippen LogP contribution < -0.4 is 10.1 Å². The summed E-state index contributed by atoms with van der Waals surface area (Å²) < 4.78 is 5.23. The molecule has 0 aliphatic heterocycles. The minimum atomic E-state index is 0.177. The van der Waals surface area contributed by atoms with Crippen LogP contribution in [0.4, 0.5) is 0 Å². The van der Waals surface area contributed by atoms with Gasteiger partial charge in [-0.2, -0.15) is 0 Å². The van der Waals surface area contributed by atoms with Crippen molar-refractivity contribution in [2.75, 3.05) is 7.11 Å². The van der Waals surface area contributed by atoms with Crippen LogP contribution in [0.25, 0.3) is 0 Å². The summed E-state index contributed by atoms with van der Waals surface area (Å²) in [6.45, 7) is 0.962. The fourth-order valence-corrected chi connectivity index (χ4v) is 3.32. The number of methoxy groups -OCH3 is 1. The van der Waals surface area contributed by atoms with Gasteiger partial charge in [0.15, 0.2) is 0 Å². The largest absolute Gasteiger partial charge is 0.497 e. The molecule has 19 heavy (non-hydrogen) atoms. The second kappa shape index (κ2) is 5.35. The van der Waals surface area contributed by atoms with Crippen LogP contribution >= 0.6 is 11.3 Å². The molecule has 3 rings (SSSR count). The summed E-state index contributed by atoms with van der Waals surface area (Å²) in [5.74, 6) is 0.927. The highest BCUT2D eigenvalue weighted by atomic mass is 32.1. The summed E-state index contributed by atoms with van der Waals surface area (Å²) in [6, 6.07) is 12.8. The fraction of sp³-hybridized carbons (Fsp3) is 0.375. The molecule has 0 radical (unpaired) electrons. The van der Waals surface area contributed by atoms with E-state index < -0.39 is 0 Å². The van der Waals surface area contributed by atoms with Crippen molar-refractivity contribution < 1.29 is 4.74 Å². The highest BCUT2D eigenvalue weighted by molar-refractivity contribution is 7.09. The topological polar surface area (TPSA) is 21.3 Å². The maximum Gasteiger partial charge on any atom is 0.118 e. The van der Waals surface area contributed by atoms with E-state index in [0.717, 1.165) is 12.3 Å². The highest BCUT2D eigenvalue weighted by Gasteiger charge is 2.37. The van der Waals surface area contributed by atoms with E-state index in [1.165, 1.54) is 29.7 Å². The van der Waals surface area contributed by atoms with Gasteiger partial charge in [-0.25, -0.2) is 0 Å². The van der Waals surface area contributed by atoms with Gasteiger partial charge >= 0.3 is 0 Å². The molecule has 1 aromatic carbocycles. The number of thiophene rings is 1. The lowest BCUT2D eigenvalue weighted by Crippen LogP contribution is -2.47. The van der Waals surface area contributed by atoms with E-state index in [4.69, 9.17) is 4.74 Å². The normalized spacial score (nSPS) is 16.9. The third-order valence-corrected chi connectivity index (χ3v) is 4.91. The zero-order chi connectivity index (χ0) is 13.1. The lowest BCUT2D eigenvalue weighted by molar-refractivity contribution is 0.184. The second-order valence-corrected chi connectivity index (χ2v) is 6.13. The number of hydrogen-bond acceptors (Lipinski definition) is 3. The van der Waals surface area contributed by atoms with Crippen molar-refractivity contribution in [3.05, 3.63) is 52.2 Å². The van der Waals surface area contributed by atoms with Gasteiger partial charge in [-0.15, -0.1) is 11.3 Å². The molecule has 0 atom stereocenters. The number of nitrogens with one attached hydrogen (secondary N) is 1. The summed E-state index contributed by atoms with van der Waals surface area (Å²) in [5, 5.41) is 5.90. The Labute approximate surface area is 118 Å². The molecule has 0 bridgehead atoms. The molecule has 1 saturated carbocycles. The Morgan fingerprint density at radius 2 is 2.00 bits per heavy atom. The van der Waals surface area contributed by atoms with Crippen molar-refractivity contribution >= 4 is 11.3 Å². The van der Waals surface area contributed by atoms with Gasteiger partial charge in [-0.1, -0.05) is 18.2 Å². The summed E-state index contributed by atoms with van der Waals surface area (Å²) in [5.41, 5.74) is 1.56. The Hall–Kier alpha value is -1.32. The molecular weight excluding hydrogens is 254 g/mol. The summed E-state index contributed by atoms with van der Waals surface area (Å²) in [6.07, 6.45) is 3.76. The van der Waals surface area contributed by atoms with Crippen molar-refractivity contribution in [1.82, 2.24) is 5.32 Å². The molecule has 1 heterocycles. The zero-order valence-electron chi connectivity index (χ0n) is 11.2. The van der Waals surface area contributed by atoms with E-state index in [-0.39, 0.29) is 5.54 Å². The summed E-state index contributed by atoms with van der Waals surface area (Å²) >= 11 is 1.82. The molecular formula is C16H19NOS. The predicted octanol–water partition coefficient (Wildman–Crippen LogP) is 3.93. The smallest absolute Gasteiger partial charge is 0.118 e. The summed E-state index contributed by atoms with van der Waals surface area (Å²) in [4.78, 5) is 1.40. The predicted molar refractivity (Wildman–Crippen MR) is 79.7 cm³/mol. The first kappa shape index (κ1) is 12.7. The van der Waals surface area contributed by atoms with Gasteiger partial charge in [-0.3, -0.25) is 0 Å². The third kappa shape index (κ3) is 2.53. The lowest BCUT2D eigenvalue weighted by Gasteiger charge is -2.43. The number of rotatable bonds is 5.